The summed E-state index contributed by atoms with van der Waals surface area (Å²) in [5.74, 6) is 7.19. The van der Waals surface area contributed by atoms with Crippen molar-refractivity contribution in [3.8, 4) is 0 Å². The molecule has 0 amide bonds. The Kier molecular flexibility index (Phi) is 3.81. The van der Waals surface area contributed by atoms with Crippen LogP contribution in [0.1, 0.15) is 13.8 Å². The molecular weight excluding hydrogens is 266 g/mol. The molecule has 1 fully saturated rings. The van der Waals surface area contributed by atoms with Crippen LogP contribution in [0.15, 0.2) is 12.1 Å². The molecule has 0 radical (unpaired) electrons. The molecule has 1 aromatic heterocycles. The van der Waals surface area contributed by atoms with Crippen molar-refractivity contribution < 1.29 is 4.92 Å². The first-order chi connectivity index (χ1) is 8.91. The van der Waals surface area contributed by atoms with Gasteiger partial charge in [-0.3, -0.25) is 10.1 Å². The fourth-order valence-electron chi connectivity index (χ4n) is 2.06. The van der Waals surface area contributed by atoms with Crippen molar-refractivity contribution in [2.24, 2.45) is 5.84 Å². The number of nitrogens with one attached hydrogen (secondary N) is 1. The number of thioether (sulfide) groups is 1. The maximum atomic E-state index is 10.9. The minimum absolute atomic E-state index is 0.00557. The second-order valence-corrected chi connectivity index (χ2v) is 6.80. The van der Waals surface area contributed by atoms with Crippen LogP contribution in [0.4, 0.5) is 17.3 Å². The number of pyridine rings is 1. The van der Waals surface area contributed by atoms with Gasteiger partial charge in [-0.05, 0) is 13.8 Å². The van der Waals surface area contributed by atoms with E-state index in [9.17, 15) is 10.1 Å². The number of nitro groups is 1. The van der Waals surface area contributed by atoms with Gasteiger partial charge in [0.1, 0.15) is 11.6 Å². The Morgan fingerprint density at radius 1 is 1.58 bits per heavy atom. The molecule has 7 nitrogen and oxygen atoms in total. The third kappa shape index (κ3) is 3.27. The van der Waals surface area contributed by atoms with Gasteiger partial charge < -0.3 is 10.3 Å². The van der Waals surface area contributed by atoms with Gasteiger partial charge in [0.25, 0.3) is 5.69 Å². The van der Waals surface area contributed by atoms with Crippen LogP contribution >= 0.6 is 11.8 Å². The van der Waals surface area contributed by atoms with E-state index >= 15 is 0 Å². The first-order valence-corrected chi connectivity index (χ1v) is 6.92. The predicted octanol–water partition coefficient (Wildman–Crippen LogP) is 1.61. The van der Waals surface area contributed by atoms with Crippen LogP contribution in [0.3, 0.4) is 0 Å². The molecule has 0 saturated carbocycles. The topological polar surface area (TPSA) is 97.3 Å². The minimum Gasteiger partial charge on any atom is -0.354 e. The van der Waals surface area contributed by atoms with Gasteiger partial charge in [-0.25, -0.2) is 10.8 Å². The van der Waals surface area contributed by atoms with Gasteiger partial charge in [-0.2, -0.15) is 11.8 Å². The molecule has 0 aliphatic carbocycles. The fourth-order valence-corrected chi connectivity index (χ4v) is 3.17. The molecule has 1 aliphatic rings. The van der Waals surface area contributed by atoms with E-state index in [1.165, 1.54) is 12.1 Å². The van der Waals surface area contributed by atoms with Crippen LogP contribution in [0, 0.1) is 10.1 Å². The van der Waals surface area contributed by atoms with Crippen LogP contribution in [0.2, 0.25) is 0 Å². The normalized spacial score (nSPS) is 18.2. The van der Waals surface area contributed by atoms with E-state index in [1.807, 2.05) is 11.8 Å². The highest BCUT2D eigenvalue weighted by Gasteiger charge is 2.28. The van der Waals surface area contributed by atoms with Crippen molar-refractivity contribution in [1.82, 2.24) is 4.98 Å². The molecule has 0 atom stereocenters. The number of nitrogens with zero attached hydrogens (tertiary/aromatic N) is 3. The van der Waals surface area contributed by atoms with Gasteiger partial charge in [0.15, 0.2) is 0 Å². The molecule has 104 valence electrons. The lowest BCUT2D eigenvalue weighted by atomic mass is 10.2. The summed E-state index contributed by atoms with van der Waals surface area (Å²) in [6.45, 7) is 5.94. The zero-order valence-corrected chi connectivity index (χ0v) is 11.7. The lowest BCUT2D eigenvalue weighted by molar-refractivity contribution is -0.384. The smallest absolute Gasteiger partial charge is 0.276 e. The molecule has 1 saturated heterocycles. The predicted molar refractivity (Wildman–Crippen MR) is 77.5 cm³/mol. The monoisotopic (exact) mass is 283 g/mol. The number of aromatic nitrogens is 1. The highest BCUT2D eigenvalue weighted by atomic mass is 32.2. The maximum Gasteiger partial charge on any atom is 0.276 e. The number of hydrogen-bond acceptors (Lipinski definition) is 7. The van der Waals surface area contributed by atoms with E-state index in [2.05, 4.69) is 29.2 Å². The van der Waals surface area contributed by atoms with Crippen LogP contribution < -0.4 is 16.2 Å². The average Bonchev–Trinajstić information content (AvgIpc) is 2.37. The Morgan fingerprint density at radius 3 is 2.89 bits per heavy atom. The molecular formula is C11H17N5O2S. The molecule has 2 heterocycles. The molecule has 1 aliphatic heterocycles. The van der Waals surface area contributed by atoms with Crippen molar-refractivity contribution in [2.45, 2.75) is 18.6 Å². The van der Waals surface area contributed by atoms with Crippen molar-refractivity contribution in [3.05, 3.63) is 22.2 Å². The number of nitrogens with two attached hydrogens (primary N) is 1. The lowest BCUT2D eigenvalue weighted by Crippen LogP contribution is -2.43. The number of anilines is 2. The summed E-state index contributed by atoms with van der Waals surface area (Å²) in [6, 6.07) is 2.82. The largest absolute Gasteiger partial charge is 0.354 e. The van der Waals surface area contributed by atoms with E-state index in [4.69, 9.17) is 5.84 Å². The summed E-state index contributed by atoms with van der Waals surface area (Å²) in [5.41, 5.74) is 2.37. The zero-order chi connectivity index (χ0) is 14.0. The molecule has 8 heteroatoms. The lowest BCUT2D eigenvalue weighted by Gasteiger charge is -2.38. The molecule has 3 N–H and O–H groups in total. The second kappa shape index (κ2) is 5.22. The van der Waals surface area contributed by atoms with Gasteiger partial charge in [-0.1, -0.05) is 0 Å². The number of nitrogen functional groups attached to an aromatic ring is 1. The third-order valence-corrected chi connectivity index (χ3v) is 4.20. The van der Waals surface area contributed by atoms with Crippen LogP contribution in [-0.4, -0.2) is 33.5 Å². The van der Waals surface area contributed by atoms with Crippen molar-refractivity contribution >= 4 is 29.1 Å². The summed E-state index contributed by atoms with van der Waals surface area (Å²) < 4.78 is 0.112. The second-order valence-electron chi connectivity index (χ2n) is 5.00. The average molecular weight is 283 g/mol. The van der Waals surface area contributed by atoms with E-state index < -0.39 is 4.92 Å². The van der Waals surface area contributed by atoms with E-state index in [0.29, 0.717) is 11.6 Å². The van der Waals surface area contributed by atoms with E-state index in [0.717, 1.165) is 18.8 Å². The van der Waals surface area contributed by atoms with Gasteiger partial charge in [0, 0.05) is 23.6 Å². The molecule has 0 aromatic carbocycles. The zero-order valence-electron chi connectivity index (χ0n) is 10.9. The standard InChI is InChI=1S/C11H17N5O2S/c1-11(2)7-15(3-4-19-11)10-6-8(16(17)18)5-9(13-10)14-12/h5-6H,3-4,7,12H2,1-2H3,(H,13,14). The first kappa shape index (κ1) is 13.9. The first-order valence-electron chi connectivity index (χ1n) is 5.93. The Labute approximate surface area is 115 Å². The minimum atomic E-state index is -0.435. The van der Waals surface area contributed by atoms with Gasteiger partial charge in [0.2, 0.25) is 0 Å². The summed E-state index contributed by atoms with van der Waals surface area (Å²) in [4.78, 5) is 16.8. The molecule has 0 bridgehead atoms. The van der Waals surface area contributed by atoms with Gasteiger partial charge >= 0.3 is 0 Å². The SMILES string of the molecule is CC1(C)CN(c2cc([N+](=O)[O-])cc(NN)n2)CCS1. The van der Waals surface area contributed by atoms with Crippen molar-refractivity contribution in [3.63, 3.8) is 0 Å². The Bertz CT molecular complexity index is 494. The maximum absolute atomic E-state index is 10.9. The molecule has 19 heavy (non-hydrogen) atoms. The van der Waals surface area contributed by atoms with Gasteiger partial charge in [-0.15, -0.1) is 0 Å². The summed E-state index contributed by atoms with van der Waals surface area (Å²) in [6.07, 6.45) is 0. The number of hydrogen-bond donors (Lipinski definition) is 2. The highest BCUT2D eigenvalue weighted by Crippen LogP contribution is 2.33. The Hall–Kier alpha value is -1.54. The molecule has 0 unspecified atom stereocenters. The fraction of sp³-hybridized carbons (Fsp3) is 0.545. The van der Waals surface area contributed by atoms with E-state index in [1.54, 1.807) is 0 Å². The summed E-state index contributed by atoms with van der Waals surface area (Å²) >= 11 is 1.90. The van der Waals surface area contributed by atoms with Crippen molar-refractivity contribution in [2.75, 3.05) is 29.2 Å². The van der Waals surface area contributed by atoms with E-state index in [-0.39, 0.29) is 10.4 Å². The Balaban J connectivity index is 2.33. The molecule has 2 rings (SSSR count). The highest BCUT2D eigenvalue weighted by molar-refractivity contribution is 8.00. The molecule has 0 spiro atoms. The summed E-state index contributed by atoms with van der Waals surface area (Å²) in [5, 5.41) is 10.9. The van der Waals surface area contributed by atoms with Crippen LogP contribution in [-0.2, 0) is 0 Å². The van der Waals surface area contributed by atoms with Crippen LogP contribution in [0.5, 0.6) is 0 Å². The number of rotatable bonds is 3. The Morgan fingerprint density at radius 2 is 2.32 bits per heavy atom. The summed E-state index contributed by atoms with van der Waals surface area (Å²) in [7, 11) is 0. The van der Waals surface area contributed by atoms with Crippen molar-refractivity contribution in [1.29, 1.82) is 0 Å². The third-order valence-electron chi connectivity index (χ3n) is 2.90. The van der Waals surface area contributed by atoms with Gasteiger partial charge in [0.05, 0.1) is 17.1 Å². The quantitative estimate of drug-likeness (QED) is 0.494. The molecule has 1 aromatic rings. The van der Waals surface area contributed by atoms with Crippen LogP contribution in [0.25, 0.3) is 0 Å². The number of hydrazine groups is 1.